The summed E-state index contributed by atoms with van der Waals surface area (Å²) in [5, 5.41) is 1.71. The maximum absolute atomic E-state index is 12.0. The SMILES string of the molecule is CC(=O)c1ccc(NC(=O)C(F)(F)F)cc1C. The van der Waals surface area contributed by atoms with Gasteiger partial charge in [-0.1, -0.05) is 0 Å². The molecule has 17 heavy (non-hydrogen) atoms. The Hall–Kier alpha value is -1.85. The first kappa shape index (κ1) is 13.2. The van der Waals surface area contributed by atoms with Crippen LogP contribution in [0.4, 0.5) is 18.9 Å². The van der Waals surface area contributed by atoms with Crippen LogP contribution in [0.5, 0.6) is 0 Å². The molecule has 0 saturated heterocycles. The summed E-state index contributed by atoms with van der Waals surface area (Å²) in [6, 6.07) is 3.96. The number of nitrogens with one attached hydrogen (secondary N) is 1. The molecular formula is C11H10F3NO2. The van der Waals surface area contributed by atoms with E-state index in [2.05, 4.69) is 0 Å². The van der Waals surface area contributed by atoms with E-state index >= 15 is 0 Å². The highest BCUT2D eigenvalue weighted by molar-refractivity contribution is 5.98. The smallest absolute Gasteiger partial charge is 0.318 e. The average Bonchev–Trinajstić information content (AvgIpc) is 2.15. The third-order valence-electron chi connectivity index (χ3n) is 2.12. The van der Waals surface area contributed by atoms with Gasteiger partial charge in [-0.05, 0) is 37.6 Å². The van der Waals surface area contributed by atoms with Gasteiger partial charge in [-0.15, -0.1) is 0 Å². The molecule has 0 aromatic heterocycles. The minimum atomic E-state index is -4.92. The standard InChI is InChI=1S/C11H10F3NO2/c1-6-5-8(3-4-9(6)7(2)16)15-10(17)11(12,13)14/h3-5H,1-2H3,(H,15,17). The van der Waals surface area contributed by atoms with Crippen LogP contribution in [-0.2, 0) is 4.79 Å². The van der Waals surface area contributed by atoms with E-state index in [1.54, 1.807) is 12.2 Å². The Morgan fingerprint density at radius 2 is 1.82 bits per heavy atom. The highest BCUT2D eigenvalue weighted by Gasteiger charge is 2.38. The summed E-state index contributed by atoms with van der Waals surface area (Å²) < 4.78 is 35.9. The predicted molar refractivity (Wildman–Crippen MR) is 55.9 cm³/mol. The van der Waals surface area contributed by atoms with E-state index < -0.39 is 12.1 Å². The van der Waals surface area contributed by atoms with E-state index in [4.69, 9.17) is 0 Å². The van der Waals surface area contributed by atoms with Crippen molar-refractivity contribution in [3.8, 4) is 0 Å². The molecule has 0 radical (unpaired) electrons. The second-order valence-electron chi connectivity index (χ2n) is 3.54. The first-order valence-electron chi connectivity index (χ1n) is 4.71. The van der Waals surface area contributed by atoms with Crippen molar-refractivity contribution in [3.63, 3.8) is 0 Å². The van der Waals surface area contributed by atoms with Gasteiger partial charge in [0.1, 0.15) is 0 Å². The van der Waals surface area contributed by atoms with Crippen LogP contribution in [0.25, 0.3) is 0 Å². The molecule has 6 heteroatoms. The van der Waals surface area contributed by atoms with Crippen molar-refractivity contribution in [3.05, 3.63) is 29.3 Å². The fourth-order valence-corrected chi connectivity index (χ4v) is 1.34. The largest absolute Gasteiger partial charge is 0.471 e. The normalized spacial score (nSPS) is 11.1. The summed E-state index contributed by atoms with van der Waals surface area (Å²) in [4.78, 5) is 21.8. The molecule has 0 aliphatic carbocycles. The average molecular weight is 245 g/mol. The first-order valence-corrected chi connectivity index (χ1v) is 4.71. The van der Waals surface area contributed by atoms with E-state index in [0.29, 0.717) is 11.1 Å². The summed E-state index contributed by atoms with van der Waals surface area (Å²) in [5.41, 5.74) is 0.933. The third kappa shape index (κ3) is 3.30. The number of halogens is 3. The quantitative estimate of drug-likeness (QED) is 0.814. The van der Waals surface area contributed by atoms with Crippen molar-refractivity contribution >= 4 is 17.4 Å². The summed E-state index contributed by atoms with van der Waals surface area (Å²) >= 11 is 0. The van der Waals surface area contributed by atoms with Crippen LogP contribution in [0, 0.1) is 6.92 Å². The number of rotatable bonds is 2. The summed E-state index contributed by atoms with van der Waals surface area (Å²) in [6.07, 6.45) is -4.92. The molecule has 0 aliphatic rings. The van der Waals surface area contributed by atoms with Crippen LogP contribution < -0.4 is 5.32 Å². The van der Waals surface area contributed by atoms with Crippen LogP contribution in [0.2, 0.25) is 0 Å². The van der Waals surface area contributed by atoms with E-state index in [-0.39, 0.29) is 11.5 Å². The lowest BCUT2D eigenvalue weighted by atomic mass is 10.0. The van der Waals surface area contributed by atoms with Crippen molar-refractivity contribution < 1.29 is 22.8 Å². The maximum atomic E-state index is 12.0. The van der Waals surface area contributed by atoms with Crippen molar-refractivity contribution in [2.45, 2.75) is 20.0 Å². The van der Waals surface area contributed by atoms with Crippen LogP contribution in [0.1, 0.15) is 22.8 Å². The van der Waals surface area contributed by atoms with Gasteiger partial charge in [0.25, 0.3) is 0 Å². The zero-order valence-electron chi connectivity index (χ0n) is 9.18. The van der Waals surface area contributed by atoms with Crippen molar-refractivity contribution in [1.82, 2.24) is 0 Å². The van der Waals surface area contributed by atoms with Gasteiger partial charge >= 0.3 is 12.1 Å². The van der Waals surface area contributed by atoms with Gasteiger partial charge in [0.05, 0.1) is 0 Å². The zero-order chi connectivity index (χ0) is 13.2. The van der Waals surface area contributed by atoms with Crippen LogP contribution in [0.3, 0.4) is 0 Å². The Kier molecular flexibility index (Phi) is 3.55. The second-order valence-corrected chi connectivity index (χ2v) is 3.54. The highest BCUT2D eigenvalue weighted by Crippen LogP contribution is 2.20. The van der Waals surface area contributed by atoms with E-state index in [0.717, 1.165) is 0 Å². The fraction of sp³-hybridized carbons (Fsp3) is 0.273. The molecule has 1 N–H and O–H groups in total. The Morgan fingerprint density at radius 1 is 1.24 bits per heavy atom. The van der Waals surface area contributed by atoms with Crippen molar-refractivity contribution in [1.29, 1.82) is 0 Å². The predicted octanol–water partition coefficient (Wildman–Crippen LogP) is 2.70. The number of amides is 1. The molecular weight excluding hydrogens is 235 g/mol. The molecule has 0 aliphatic heterocycles. The number of hydrogen-bond donors (Lipinski definition) is 1. The molecule has 0 unspecified atom stereocenters. The van der Waals surface area contributed by atoms with Crippen LogP contribution in [-0.4, -0.2) is 17.9 Å². The molecule has 1 rings (SSSR count). The van der Waals surface area contributed by atoms with Crippen LogP contribution in [0.15, 0.2) is 18.2 Å². The number of anilines is 1. The topological polar surface area (TPSA) is 46.2 Å². The monoisotopic (exact) mass is 245 g/mol. The molecule has 1 aromatic rings. The maximum Gasteiger partial charge on any atom is 0.471 e. The molecule has 3 nitrogen and oxygen atoms in total. The third-order valence-corrected chi connectivity index (χ3v) is 2.12. The van der Waals surface area contributed by atoms with Gasteiger partial charge < -0.3 is 5.32 Å². The lowest BCUT2D eigenvalue weighted by molar-refractivity contribution is -0.167. The number of carbonyl (C=O) groups is 2. The molecule has 0 atom stereocenters. The van der Waals surface area contributed by atoms with E-state index in [1.807, 2.05) is 0 Å². The summed E-state index contributed by atoms with van der Waals surface area (Å²) in [6.45, 7) is 2.94. The number of alkyl halides is 3. The first-order chi connectivity index (χ1) is 7.71. The molecule has 0 bridgehead atoms. The van der Waals surface area contributed by atoms with Crippen molar-refractivity contribution in [2.75, 3.05) is 5.32 Å². The Morgan fingerprint density at radius 3 is 2.24 bits per heavy atom. The molecule has 1 amide bonds. The lowest BCUT2D eigenvalue weighted by Gasteiger charge is -2.09. The molecule has 0 spiro atoms. The number of hydrogen-bond acceptors (Lipinski definition) is 2. The molecule has 1 aromatic carbocycles. The summed E-state index contributed by atoms with van der Waals surface area (Å²) in [5.74, 6) is -2.22. The van der Waals surface area contributed by atoms with E-state index in [1.165, 1.54) is 25.1 Å². The van der Waals surface area contributed by atoms with Gasteiger partial charge in [-0.3, -0.25) is 9.59 Å². The number of ketones is 1. The number of aryl methyl sites for hydroxylation is 1. The highest BCUT2D eigenvalue weighted by atomic mass is 19.4. The van der Waals surface area contributed by atoms with Gasteiger partial charge in [0.2, 0.25) is 0 Å². The minimum Gasteiger partial charge on any atom is -0.318 e. The van der Waals surface area contributed by atoms with Gasteiger partial charge in [0.15, 0.2) is 5.78 Å². The lowest BCUT2D eigenvalue weighted by Crippen LogP contribution is -2.29. The molecule has 0 fully saturated rings. The minimum absolute atomic E-state index is 0.00910. The van der Waals surface area contributed by atoms with Gasteiger partial charge in [-0.25, -0.2) is 0 Å². The Balaban J connectivity index is 2.92. The zero-order valence-corrected chi connectivity index (χ0v) is 9.18. The second kappa shape index (κ2) is 4.57. The van der Waals surface area contributed by atoms with Gasteiger partial charge in [0, 0.05) is 11.3 Å². The number of Topliss-reactive ketones (excluding diaryl/α,β-unsaturated/α-hetero) is 1. The molecule has 92 valence electrons. The fourth-order valence-electron chi connectivity index (χ4n) is 1.34. The van der Waals surface area contributed by atoms with Crippen molar-refractivity contribution in [2.24, 2.45) is 0 Å². The van der Waals surface area contributed by atoms with Gasteiger partial charge in [-0.2, -0.15) is 13.2 Å². The Labute approximate surface area is 95.6 Å². The van der Waals surface area contributed by atoms with Crippen LogP contribution >= 0.6 is 0 Å². The molecule has 0 heterocycles. The number of carbonyl (C=O) groups excluding carboxylic acids is 2. The Bertz CT molecular complexity index is 466. The molecule has 0 saturated carbocycles. The van der Waals surface area contributed by atoms with E-state index in [9.17, 15) is 22.8 Å². The summed E-state index contributed by atoms with van der Waals surface area (Å²) in [7, 11) is 0. The number of benzene rings is 1.